The van der Waals surface area contributed by atoms with Gasteiger partial charge in [-0.1, -0.05) is 50.3 Å². The Labute approximate surface area is 129 Å². The summed E-state index contributed by atoms with van der Waals surface area (Å²) >= 11 is 8.19. The van der Waals surface area contributed by atoms with Crippen molar-refractivity contribution in [2.45, 2.75) is 30.4 Å². The van der Waals surface area contributed by atoms with E-state index in [0.29, 0.717) is 0 Å². The molecule has 0 fully saturated rings. The van der Waals surface area contributed by atoms with Crippen LogP contribution in [-0.2, 0) is 7.05 Å². The molecule has 20 heavy (non-hydrogen) atoms. The van der Waals surface area contributed by atoms with Gasteiger partial charge in [-0.2, -0.15) is 5.10 Å². The molecule has 4 heteroatoms. The zero-order chi connectivity index (χ0) is 14.8. The molecule has 104 valence electrons. The maximum Gasteiger partial charge on any atom is 0.0698 e. The second kappa shape index (κ2) is 5.95. The Morgan fingerprint density at radius 1 is 1.25 bits per heavy atom. The summed E-state index contributed by atoms with van der Waals surface area (Å²) in [7, 11) is 1.87. The zero-order valence-electron chi connectivity index (χ0n) is 12.1. The quantitative estimate of drug-likeness (QED) is 0.575. The third-order valence-electron chi connectivity index (χ3n) is 2.43. The molecule has 0 N–H and O–H groups in total. The number of aryl methyl sites for hydroxylation is 1. The molecular weight excluding hydrogens is 288 g/mol. The number of hydrogen-bond acceptors (Lipinski definition) is 2. The number of hydrogen-bond donors (Lipinski definition) is 0. The lowest BCUT2D eigenvalue weighted by atomic mass is 10.2. The van der Waals surface area contributed by atoms with E-state index in [0.717, 1.165) is 21.0 Å². The topological polar surface area (TPSA) is 17.8 Å². The van der Waals surface area contributed by atoms with Gasteiger partial charge in [0, 0.05) is 28.5 Å². The van der Waals surface area contributed by atoms with Gasteiger partial charge in [0.15, 0.2) is 0 Å². The van der Waals surface area contributed by atoms with E-state index in [9.17, 15) is 0 Å². The Kier molecular flexibility index (Phi) is 4.47. The summed E-state index contributed by atoms with van der Waals surface area (Å²) in [6, 6.07) is 5.97. The van der Waals surface area contributed by atoms with Gasteiger partial charge in [0.2, 0.25) is 0 Å². The Morgan fingerprint density at radius 3 is 2.60 bits per heavy atom. The first-order valence-electron chi connectivity index (χ1n) is 6.33. The van der Waals surface area contributed by atoms with Crippen molar-refractivity contribution in [2.24, 2.45) is 7.05 Å². The van der Waals surface area contributed by atoms with Crippen molar-refractivity contribution in [2.75, 3.05) is 0 Å². The molecule has 0 amide bonds. The van der Waals surface area contributed by atoms with E-state index < -0.39 is 0 Å². The molecule has 1 heterocycles. The predicted molar refractivity (Wildman–Crippen MR) is 86.3 cm³/mol. The van der Waals surface area contributed by atoms with E-state index >= 15 is 0 Å². The van der Waals surface area contributed by atoms with Crippen LogP contribution in [0, 0.1) is 11.8 Å². The second-order valence-corrected chi connectivity index (χ2v) is 7.73. The highest BCUT2D eigenvalue weighted by Gasteiger charge is 2.15. The minimum absolute atomic E-state index is 0.124. The molecule has 2 rings (SSSR count). The Morgan fingerprint density at radius 2 is 2.00 bits per heavy atom. The minimum Gasteiger partial charge on any atom is -0.275 e. The fourth-order valence-corrected chi connectivity index (χ4v) is 2.94. The average Bonchev–Trinajstić information content (AvgIpc) is 2.75. The van der Waals surface area contributed by atoms with Crippen LogP contribution in [-0.4, -0.2) is 14.5 Å². The number of thioether (sulfide) groups is 1. The van der Waals surface area contributed by atoms with Crippen LogP contribution in [0.25, 0.3) is 0 Å². The van der Waals surface area contributed by atoms with Gasteiger partial charge >= 0.3 is 0 Å². The van der Waals surface area contributed by atoms with Crippen molar-refractivity contribution in [3.8, 4) is 11.8 Å². The van der Waals surface area contributed by atoms with Crippen LogP contribution < -0.4 is 0 Å². The van der Waals surface area contributed by atoms with Crippen molar-refractivity contribution >= 4 is 23.4 Å². The highest BCUT2D eigenvalue weighted by Crippen LogP contribution is 2.37. The summed E-state index contributed by atoms with van der Waals surface area (Å²) in [5, 5.41) is 4.82. The lowest BCUT2D eigenvalue weighted by Gasteiger charge is -2.18. The largest absolute Gasteiger partial charge is 0.275 e. The van der Waals surface area contributed by atoms with Crippen molar-refractivity contribution in [1.82, 2.24) is 9.78 Å². The first-order chi connectivity index (χ1) is 9.35. The maximum absolute atomic E-state index is 6.44. The lowest BCUT2D eigenvalue weighted by molar-refractivity contribution is 0.767. The van der Waals surface area contributed by atoms with E-state index in [4.69, 9.17) is 11.6 Å². The molecule has 0 spiro atoms. The van der Waals surface area contributed by atoms with Crippen molar-refractivity contribution in [3.05, 3.63) is 46.7 Å². The molecule has 2 aromatic rings. The summed E-state index contributed by atoms with van der Waals surface area (Å²) in [5.74, 6) is 6.21. The SMILES string of the molecule is Cn1cc(C#Cc2cccc(SC(C)(C)C)c2Cl)cn1. The van der Waals surface area contributed by atoms with E-state index in [1.54, 1.807) is 22.6 Å². The molecule has 0 atom stereocenters. The Bertz CT molecular complexity index is 672. The molecule has 1 aromatic heterocycles. The molecule has 0 unspecified atom stereocenters. The summed E-state index contributed by atoms with van der Waals surface area (Å²) < 4.78 is 1.86. The predicted octanol–water partition coefficient (Wildman–Crippen LogP) is 4.36. The third-order valence-corrected chi connectivity index (χ3v) is 4.12. The van der Waals surface area contributed by atoms with Crippen LogP contribution in [0.3, 0.4) is 0 Å². The van der Waals surface area contributed by atoms with E-state index in [-0.39, 0.29) is 4.75 Å². The molecule has 0 aliphatic carbocycles. The van der Waals surface area contributed by atoms with Crippen LogP contribution in [0.2, 0.25) is 5.02 Å². The van der Waals surface area contributed by atoms with Crippen molar-refractivity contribution in [3.63, 3.8) is 0 Å². The van der Waals surface area contributed by atoms with Crippen molar-refractivity contribution < 1.29 is 0 Å². The van der Waals surface area contributed by atoms with Crippen LogP contribution in [0.1, 0.15) is 31.9 Å². The van der Waals surface area contributed by atoms with Crippen molar-refractivity contribution in [1.29, 1.82) is 0 Å². The third kappa shape index (κ3) is 4.06. The molecule has 1 aromatic carbocycles. The van der Waals surface area contributed by atoms with E-state index in [2.05, 4.69) is 37.7 Å². The Hall–Kier alpha value is -1.37. The fraction of sp³-hybridized carbons (Fsp3) is 0.312. The van der Waals surface area contributed by atoms with Gasteiger partial charge in [-0.3, -0.25) is 4.68 Å². The summed E-state index contributed by atoms with van der Waals surface area (Å²) in [5.41, 5.74) is 1.74. The Balaban J connectivity index is 2.30. The van der Waals surface area contributed by atoms with Gasteiger partial charge in [0.1, 0.15) is 0 Å². The van der Waals surface area contributed by atoms with Crippen LogP contribution in [0.5, 0.6) is 0 Å². The summed E-state index contributed by atoms with van der Waals surface area (Å²) in [4.78, 5) is 1.07. The maximum atomic E-state index is 6.44. The van der Waals surface area contributed by atoms with Crippen LogP contribution in [0.15, 0.2) is 35.5 Å². The monoisotopic (exact) mass is 304 g/mol. The van der Waals surface area contributed by atoms with E-state index in [1.807, 2.05) is 31.4 Å². The first-order valence-corrected chi connectivity index (χ1v) is 7.53. The highest BCUT2D eigenvalue weighted by molar-refractivity contribution is 8.00. The second-order valence-electron chi connectivity index (χ2n) is 5.48. The minimum atomic E-state index is 0.124. The molecule has 0 aliphatic heterocycles. The normalized spacial score (nSPS) is 11.1. The molecule has 0 saturated heterocycles. The molecule has 0 aliphatic rings. The summed E-state index contributed by atoms with van der Waals surface area (Å²) in [6.45, 7) is 6.51. The van der Waals surface area contributed by atoms with Crippen LogP contribution >= 0.6 is 23.4 Å². The van der Waals surface area contributed by atoms with E-state index in [1.165, 1.54) is 0 Å². The zero-order valence-corrected chi connectivity index (χ0v) is 13.6. The number of rotatable bonds is 1. The fourth-order valence-electron chi connectivity index (χ4n) is 1.64. The average molecular weight is 305 g/mol. The number of benzene rings is 1. The molecule has 0 radical (unpaired) electrons. The lowest BCUT2D eigenvalue weighted by Crippen LogP contribution is -2.06. The first kappa shape index (κ1) is 15.0. The number of halogens is 1. The smallest absolute Gasteiger partial charge is 0.0698 e. The van der Waals surface area contributed by atoms with Gasteiger partial charge in [-0.15, -0.1) is 11.8 Å². The number of nitrogens with zero attached hydrogens (tertiary/aromatic N) is 2. The standard InChI is InChI=1S/C16H17ClN2S/c1-16(2,3)20-14-7-5-6-13(15(14)17)9-8-12-10-18-19(4)11-12/h5-7,10-11H,1-4H3. The molecular formula is C16H17ClN2S. The molecule has 2 nitrogen and oxygen atoms in total. The van der Waals surface area contributed by atoms with Gasteiger partial charge in [-0.25, -0.2) is 0 Å². The van der Waals surface area contributed by atoms with Crippen LogP contribution in [0.4, 0.5) is 0 Å². The van der Waals surface area contributed by atoms with Gasteiger partial charge < -0.3 is 0 Å². The molecule has 0 bridgehead atoms. The molecule has 0 saturated carbocycles. The van der Waals surface area contributed by atoms with Gasteiger partial charge in [-0.05, 0) is 12.1 Å². The highest BCUT2D eigenvalue weighted by atomic mass is 35.5. The number of aromatic nitrogens is 2. The van der Waals surface area contributed by atoms with Gasteiger partial charge in [0.25, 0.3) is 0 Å². The summed E-state index contributed by atoms with van der Waals surface area (Å²) in [6.07, 6.45) is 3.63. The van der Waals surface area contributed by atoms with Gasteiger partial charge in [0.05, 0.1) is 16.8 Å².